The zero-order valence-corrected chi connectivity index (χ0v) is 6.54. The predicted octanol–water partition coefficient (Wildman–Crippen LogP) is 1.75. The van der Waals surface area contributed by atoms with E-state index in [0.717, 1.165) is 5.57 Å². The van der Waals surface area contributed by atoms with Gasteiger partial charge in [0.15, 0.2) is 0 Å². The molecule has 1 nitrogen and oxygen atoms in total. The molecule has 0 saturated heterocycles. The van der Waals surface area contributed by atoms with Crippen LogP contribution in [0.15, 0.2) is 23.8 Å². The van der Waals surface area contributed by atoms with Gasteiger partial charge in [-0.2, -0.15) is 0 Å². The minimum Gasteiger partial charge on any atom is -0.392 e. The summed E-state index contributed by atoms with van der Waals surface area (Å²) >= 11 is 0. The van der Waals surface area contributed by atoms with Crippen LogP contribution < -0.4 is 0 Å². The highest BCUT2D eigenvalue weighted by atomic mass is 16.3. The Morgan fingerprint density at radius 3 is 2.60 bits per heavy atom. The molecule has 1 N–H and O–H groups in total. The molecular formula is C9H14O. The summed E-state index contributed by atoms with van der Waals surface area (Å²) in [6, 6.07) is 0. The third-order valence-electron chi connectivity index (χ3n) is 2.10. The van der Waals surface area contributed by atoms with Crippen LogP contribution in [0.2, 0.25) is 0 Å². The van der Waals surface area contributed by atoms with E-state index in [9.17, 15) is 0 Å². The summed E-state index contributed by atoms with van der Waals surface area (Å²) in [4.78, 5) is 0. The van der Waals surface area contributed by atoms with Crippen molar-refractivity contribution in [2.75, 3.05) is 6.61 Å². The van der Waals surface area contributed by atoms with E-state index in [2.05, 4.69) is 26.0 Å². The van der Waals surface area contributed by atoms with Crippen LogP contribution >= 0.6 is 0 Å². The first kappa shape index (κ1) is 7.55. The fourth-order valence-corrected chi connectivity index (χ4v) is 1.10. The summed E-state index contributed by atoms with van der Waals surface area (Å²) in [6.07, 6.45) is 6.28. The van der Waals surface area contributed by atoms with Crippen LogP contribution in [0.25, 0.3) is 0 Å². The van der Waals surface area contributed by atoms with Gasteiger partial charge in [0.2, 0.25) is 0 Å². The normalized spacial score (nSPS) is 32.1. The Hall–Kier alpha value is -0.560. The van der Waals surface area contributed by atoms with Gasteiger partial charge in [0.05, 0.1) is 6.61 Å². The zero-order chi connectivity index (χ0) is 7.56. The summed E-state index contributed by atoms with van der Waals surface area (Å²) in [6.45, 7) is 4.53. The molecule has 1 heteroatoms. The summed E-state index contributed by atoms with van der Waals surface area (Å²) in [5.41, 5.74) is 1.05. The van der Waals surface area contributed by atoms with E-state index in [1.165, 1.54) is 0 Å². The number of hydrogen-bond acceptors (Lipinski definition) is 1. The van der Waals surface area contributed by atoms with Crippen LogP contribution in [0.3, 0.4) is 0 Å². The zero-order valence-electron chi connectivity index (χ0n) is 6.54. The maximum atomic E-state index is 8.78. The molecule has 0 aromatic rings. The quantitative estimate of drug-likeness (QED) is 0.585. The lowest BCUT2D eigenvalue weighted by Crippen LogP contribution is -2.07. The van der Waals surface area contributed by atoms with Crippen LogP contribution in [-0.2, 0) is 0 Å². The van der Waals surface area contributed by atoms with E-state index in [4.69, 9.17) is 5.11 Å². The molecule has 2 atom stereocenters. The lowest BCUT2D eigenvalue weighted by molar-refractivity contribution is 0.331. The first-order valence-corrected chi connectivity index (χ1v) is 3.74. The van der Waals surface area contributed by atoms with E-state index in [0.29, 0.717) is 11.8 Å². The van der Waals surface area contributed by atoms with Crippen molar-refractivity contribution in [1.29, 1.82) is 0 Å². The maximum Gasteiger partial charge on any atom is 0.0678 e. The topological polar surface area (TPSA) is 20.2 Å². The van der Waals surface area contributed by atoms with Gasteiger partial charge in [-0.05, 0) is 17.4 Å². The van der Waals surface area contributed by atoms with Crippen LogP contribution in [0, 0.1) is 11.8 Å². The highest BCUT2D eigenvalue weighted by Gasteiger charge is 2.10. The molecule has 10 heavy (non-hydrogen) atoms. The lowest BCUT2D eigenvalue weighted by Gasteiger charge is -2.17. The SMILES string of the molecule is C[C@@H]1C=C(CO)C=C[C@@H]1C. The van der Waals surface area contributed by atoms with E-state index >= 15 is 0 Å². The number of aliphatic hydroxyl groups excluding tert-OH is 1. The molecule has 0 aromatic carbocycles. The van der Waals surface area contributed by atoms with E-state index in [-0.39, 0.29) is 6.61 Å². The van der Waals surface area contributed by atoms with Gasteiger partial charge in [0, 0.05) is 0 Å². The number of allylic oxidation sites excluding steroid dienone is 2. The minimum absolute atomic E-state index is 0.174. The number of rotatable bonds is 1. The molecule has 1 aliphatic carbocycles. The van der Waals surface area contributed by atoms with E-state index in [1.54, 1.807) is 0 Å². The Bertz CT molecular complexity index is 168. The molecule has 56 valence electrons. The lowest BCUT2D eigenvalue weighted by atomic mass is 9.89. The molecule has 1 rings (SSSR count). The van der Waals surface area contributed by atoms with Crippen LogP contribution in [-0.4, -0.2) is 11.7 Å². The first-order chi connectivity index (χ1) is 4.74. The Labute approximate surface area is 62.1 Å². The molecule has 0 unspecified atom stereocenters. The Morgan fingerprint density at radius 2 is 2.10 bits per heavy atom. The van der Waals surface area contributed by atoms with Crippen molar-refractivity contribution in [3.05, 3.63) is 23.8 Å². The van der Waals surface area contributed by atoms with Gasteiger partial charge in [-0.3, -0.25) is 0 Å². The maximum absolute atomic E-state index is 8.78. The Kier molecular flexibility index (Phi) is 2.28. The molecule has 0 spiro atoms. The minimum atomic E-state index is 0.174. The Morgan fingerprint density at radius 1 is 1.40 bits per heavy atom. The van der Waals surface area contributed by atoms with Gasteiger partial charge in [-0.1, -0.05) is 32.1 Å². The molecule has 1 aliphatic rings. The second-order valence-corrected chi connectivity index (χ2v) is 2.98. The monoisotopic (exact) mass is 138 g/mol. The molecule has 0 aromatic heterocycles. The van der Waals surface area contributed by atoms with Crippen LogP contribution in [0.4, 0.5) is 0 Å². The molecule has 0 aliphatic heterocycles. The summed E-state index contributed by atoms with van der Waals surface area (Å²) in [7, 11) is 0. The standard InChI is InChI=1S/C9H14O/c1-7-3-4-9(6-10)5-8(7)2/h3-5,7-8,10H,6H2,1-2H3/t7-,8+/m0/s1. The van der Waals surface area contributed by atoms with Gasteiger partial charge >= 0.3 is 0 Å². The number of hydrogen-bond donors (Lipinski definition) is 1. The van der Waals surface area contributed by atoms with Crippen molar-refractivity contribution in [3.63, 3.8) is 0 Å². The van der Waals surface area contributed by atoms with Crippen LogP contribution in [0.1, 0.15) is 13.8 Å². The first-order valence-electron chi connectivity index (χ1n) is 3.74. The Balaban J connectivity index is 2.66. The van der Waals surface area contributed by atoms with Crippen molar-refractivity contribution < 1.29 is 5.11 Å². The van der Waals surface area contributed by atoms with Crippen molar-refractivity contribution in [3.8, 4) is 0 Å². The van der Waals surface area contributed by atoms with Gasteiger partial charge < -0.3 is 5.11 Å². The average Bonchev–Trinajstić information content (AvgIpc) is 1.95. The van der Waals surface area contributed by atoms with Gasteiger partial charge in [-0.25, -0.2) is 0 Å². The van der Waals surface area contributed by atoms with Crippen molar-refractivity contribution in [2.24, 2.45) is 11.8 Å². The fraction of sp³-hybridized carbons (Fsp3) is 0.556. The third kappa shape index (κ3) is 1.48. The number of aliphatic hydroxyl groups is 1. The second kappa shape index (κ2) is 3.02. The van der Waals surface area contributed by atoms with Crippen LogP contribution in [0.5, 0.6) is 0 Å². The smallest absolute Gasteiger partial charge is 0.0678 e. The van der Waals surface area contributed by atoms with Crippen molar-refractivity contribution in [2.45, 2.75) is 13.8 Å². The van der Waals surface area contributed by atoms with Crippen molar-refractivity contribution >= 4 is 0 Å². The molecule has 0 heterocycles. The summed E-state index contributed by atoms with van der Waals surface area (Å²) in [5.74, 6) is 1.20. The highest BCUT2D eigenvalue weighted by molar-refractivity contribution is 5.24. The fourth-order valence-electron chi connectivity index (χ4n) is 1.10. The molecule has 0 amide bonds. The highest BCUT2D eigenvalue weighted by Crippen LogP contribution is 2.21. The molecule has 0 radical (unpaired) electrons. The summed E-state index contributed by atoms with van der Waals surface area (Å²) in [5, 5.41) is 8.78. The largest absolute Gasteiger partial charge is 0.392 e. The summed E-state index contributed by atoms with van der Waals surface area (Å²) < 4.78 is 0. The van der Waals surface area contributed by atoms with E-state index in [1.807, 2.05) is 6.08 Å². The predicted molar refractivity (Wildman–Crippen MR) is 42.6 cm³/mol. The average molecular weight is 138 g/mol. The van der Waals surface area contributed by atoms with Gasteiger partial charge in [0.25, 0.3) is 0 Å². The van der Waals surface area contributed by atoms with E-state index < -0.39 is 0 Å². The molecule has 0 bridgehead atoms. The van der Waals surface area contributed by atoms with Gasteiger partial charge in [-0.15, -0.1) is 0 Å². The second-order valence-electron chi connectivity index (χ2n) is 2.98. The van der Waals surface area contributed by atoms with Gasteiger partial charge in [0.1, 0.15) is 0 Å². The third-order valence-corrected chi connectivity index (χ3v) is 2.10. The van der Waals surface area contributed by atoms with Crippen molar-refractivity contribution in [1.82, 2.24) is 0 Å². The molecule has 0 saturated carbocycles. The molecule has 0 fully saturated rings. The molecular weight excluding hydrogens is 124 g/mol.